The fourth-order valence-corrected chi connectivity index (χ4v) is 5.29. The van der Waals surface area contributed by atoms with Crippen LogP contribution in [-0.2, 0) is 9.47 Å². The maximum absolute atomic E-state index is 13.9. The standard InChI is InChI=1S/C30H48F2N10O3/c1-30(2,3)45-29(43)34-11-9-7-5-4-6-8-10-12-40-13-15-41(16-14-40)27-37-25(22-21-35-26(33)36-23(22)24(31)32)38-28(39-27)42-17-19-44-20-18-42/h21,24H,4-20H2,1-3H3,(H,34,43)(H2,33,35,36). The average Bonchev–Trinajstić information content (AvgIpc) is 3.01. The molecule has 15 heteroatoms. The van der Waals surface area contributed by atoms with Crippen LogP contribution in [-0.4, -0.2) is 107 Å². The smallest absolute Gasteiger partial charge is 0.407 e. The zero-order chi connectivity index (χ0) is 32.2. The molecule has 0 atom stereocenters. The van der Waals surface area contributed by atoms with Crippen molar-refractivity contribution < 1.29 is 23.0 Å². The SMILES string of the molecule is CC(C)(C)OC(=O)NCCCCCCCCCN1CCN(c2nc(-c3cnc(N)nc3C(F)F)nc(N3CCOCC3)n2)CC1. The summed E-state index contributed by atoms with van der Waals surface area (Å²) in [5.41, 5.74) is 4.68. The monoisotopic (exact) mass is 634 g/mol. The van der Waals surface area contributed by atoms with Gasteiger partial charge in [0.25, 0.3) is 6.43 Å². The Hall–Kier alpha value is -3.46. The van der Waals surface area contributed by atoms with E-state index in [4.69, 9.17) is 20.2 Å². The number of nitrogen functional groups attached to an aromatic ring is 1. The molecule has 2 aromatic heterocycles. The Kier molecular flexibility index (Phi) is 12.8. The van der Waals surface area contributed by atoms with E-state index < -0.39 is 17.7 Å². The highest BCUT2D eigenvalue weighted by Gasteiger charge is 2.26. The van der Waals surface area contributed by atoms with E-state index in [0.717, 1.165) is 58.4 Å². The van der Waals surface area contributed by atoms with Crippen molar-refractivity contribution in [1.29, 1.82) is 0 Å². The Labute approximate surface area is 264 Å². The van der Waals surface area contributed by atoms with Crippen LogP contribution in [0.25, 0.3) is 11.4 Å². The normalized spacial score (nSPS) is 16.3. The molecule has 4 rings (SSSR count). The van der Waals surface area contributed by atoms with Gasteiger partial charge in [-0.15, -0.1) is 0 Å². The number of aromatic nitrogens is 5. The van der Waals surface area contributed by atoms with E-state index in [1.165, 1.54) is 25.5 Å². The van der Waals surface area contributed by atoms with Gasteiger partial charge in [-0.25, -0.2) is 23.5 Å². The molecule has 13 nitrogen and oxygen atoms in total. The van der Waals surface area contributed by atoms with Gasteiger partial charge in [0.15, 0.2) is 5.82 Å². The van der Waals surface area contributed by atoms with Gasteiger partial charge in [-0.1, -0.05) is 32.1 Å². The van der Waals surface area contributed by atoms with Gasteiger partial charge in [-0.3, -0.25) is 4.90 Å². The molecule has 250 valence electrons. The molecule has 1 amide bonds. The third-order valence-corrected chi connectivity index (χ3v) is 7.66. The number of alkyl carbamates (subject to hydrolysis) is 1. The lowest BCUT2D eigenvalue weighted by Crippen LogP contribution is -2.47. The van der Waals surface area contributed by atoms with Gasteiger partial charge < -0.3 is 30.3 Å². The number of nitrogens with one attached hydrogen (secondary N) is 1. The van der Waals surface area contributed by atoms with E-state index in [1.807, 2.05) is 25.7 Å². The van der Waals surface area contributed by atoms with Gasteiger partial charge in [0.05, 0.1) is 18.8 Å². The van der Waals surface area contributed by atoms with E-state index in [2.05, 4.69) is 35.1 Å². The van der Waals surface area contributed by atoms with Crippen LogP contribution in [0.15, 0.2) is 6.20 Å². The fraction of sp³-hybridized carbons (Fsp3) is 0.733. The maximum Gasteiger partial charge on any atom is 0.407 e. The zero-order valence-corrected chi connectivity index (χ0v) is 26.8. The number of morpholine rings is 1. The van der Waals surface area contributed by atoms with Crippen molar-refractivity contribution in [3.05, 3.63) is 11.9 Å². The van der Waals surface area contributed by atoms with Crippen molar-refractivity contribution in [1.82, 2.24) is 35.1 Å². The van der Waals surface area contributed by atoms with E-state index in [1.54, 1.807) is 0 Å². The van der Waals surface area contributed by atoms with Gasteiger partial charge >= 0.3 is 6.09 Å². The zero-order valence-electron chi connectivity index (χ0n) is 26.8. The molecule has 0 aromatic carbocycles. The highest BCUT2D eigenvalue weighted by Crippen LogP contribution is 2.30. The Morgan fingerprint density at radius 3 is 2.13 bits per heavy atom. The maximum atomic E-state index is 13.9. The second-order valence-corrected chi connectivity index (χ2v) is 12.4. The number of nitrogens with two attached hydrogens (primary N) is 1. The molecular weight excluding hydrogens is 586 g/mol. The highest BCUT2D eigenvalue weighted by atomic mass is 19.3. The van der Waals surface area contributed by atoms with Crippen LogP contribution in [0.1, 0.15) is 77.8 Å². The van der Waals surface area contributed by atoms with E-state index >= 15 is 0 Å². The summed E-state index contributed by atoms with van der Waals surface area (Å²) in [6, 6.07) is 0. The summed E-state index contributed by atoms with van der Waals surface area (Å²) >= 11 is 0. The number of rotatable bonds is 14. The molecular formula is C30H48F2N10O3. The van der Waals surface area contributed by atoms with Gasteiger partial charge in [-0.05, 0) is 40.2 Å². The van der Waals surface area contributed by atoms with Crippen molar-refractivity contribution in [3.8, 4) is 11.4 Å². The number of anilines is 3. The Bertz CT molecular complexity index is 1220. The summed E-state index contributed by atoms with van der Waals surface area (Å²) in [5, 5.41) is 2.81. The van der Waals surface area contributed by atoms with E-state index in [9.17, 15) is 13.6 Å². The summed E-state index contributed by atoms with van der Waals surface area (Å²) in [4.78, 5) is 39.8. The number of ether oxygens (including phenoxy) is 2. The van der Waals surface area contributed by atoms with Crippen LogP contribution in [0.2, 0.25) is 0 Å². The lowest BCUT2D eigenvalue weighted by Gasteiger charge is -2.35. The first-order chi connectivity index (χ1) is 21.6. The number of unbranched alkanes of at least 4 members (excludes halogenated alkanes) is 6. The second-order valence-electron chi connectivity index (χ2n) is 12.4. The van der Waals surface area contributed by atoms with Gasteiger partial charge in [0.1, 0.15) is 11.3 Å². The number of carbonyl (C=O) groups excluding carboxylic acids is 1. The van der Waals surface area contributed by atoms with Crippen LogP contribution < -0.4 is 20.9 Å². The minimum Gasteiger partial charge on any atom is -0.444 e. The fourth-order valence-electron chi connectivity index (χ4n) is 5.29. The molecule has 0 bridgehead atoms. The van der Waals surface area contributed by atoms with Crippen LogP contribution in [0.3, 0.4) is 0 Å². The first-order valence-corrected chi connectivity index (χ1v) is 16.0. The largest absolute Gasteiger partial charge is 0.444 e. The third kappa shape index (κ3) is 11.1. The molecule has 2 aliphatic rings. The second kappa shape index (κ2) is 16.7. The van der Waals surface area contributed by atoms with Crippen molar-refractivity contribution in [2.24, 2.45) is 0 Å². The average molecular weight is 635 g/mol. The van der Waals surface area contributed by atoms with Crippen LogP contribution in [0.4, 0.5) is 31.4 Å². The Morgan fingerprint density at radius 1 is 0.911 bits per heavy atom. The number of nitrogens with zero attached hydrogens (tertiary/aromatic N) is 8. The van der Waals surface area contributed by atoms with Gasteiger partial charge in [0.2, 0.25) is 17.8 Å². The van der Waals surface area contributed by atoms with Crippen LogP contribution in [0, 0.1) is 0 Å². The summed E-state index contributed by atoms with van der Waals surface area (Å²) in [6.45, 7) is 12.7. The van der Waals surface area contributed by atoms with Crippen molar-refractivity contribution in [2.75, 3.05) is 81.1 Å². The molecule has 0 spiro atoms. The molecule has 2 saturated heterocycles. The van der Waals surface area contributed by atoms with E-state index in [0.29, 0.717) is 44.7 Å². The van der Waals surface area contributed by atoms with Crippen molar-refractivity contribution >= 4 is 23.9 Å². The molecule has 0 saturated carbocycles. The minimum absolute atomic E-state index is 0.0495. The van der Waals surface area contributed by atoms with Gasteiger partial charge in [0, 0.05) is 52.0 Å². The van der Waals surface area contributed by atoms with Crippen molar-refractivity contribution in [3.63, 3.8) is 0 Å². The number of halogens is 2. The molecule has 0 unspecified atom stereocenters. The number of hydrogen-bond donors (Lipinski definition) is 2. The molecule has 0 aliphatic carbocycles. The first kappa shape index (κ1) is 34.4. The predicted molar refractivity (Wildman–Crippen MR) is 168 cm³/mol. The lowest BCUT2D eigenvalue weighted by atomic mass is 10.1. The molecule has 4 heterocycles. The highest BCUT2D eigenvalue weighted by molar-refractivity contribution is 5.67. The minimum atomic E-state index is -2.85. The summed E-state index contributed by atoms with van der Waals surface area (Å²) in [6.07, 6.45) is 6.00. The topological polar surface area (TPSA) is 148 Å². The molecule has 2 aliphatic heterocycles. The quantitative estimate of drug-likeness (QED) is 0.289. The number of piperazine rings is 1. The van der Waals surface area contributed by atoms with Crippen LogP contribution in [0.5, 0.6) is 0 Å². The lowest BCUT2D eigenvalue weighted by molar-refractivity contribution is 0.0527. The Morgan fingerprint density at radius 2 is 1.51 bits per heavy atom. The summed E-state index contributed by atoms with van der Waals surface area (Å²) < 4.78 is 38.5. The molecule has 2 fully saturated rings. The number of carbonyl (C=O) groups is 1. The summed E-state index contributed by atoms with van der Waals surface area (Å²) in [5.74, 6) is 0.771. The van der Waals surface area contributed by atoms with Crippen molar-refractivity contribution in [2.45, 2.75) is 77.7 Å². The van der Waals surface area contributed by atoms with Gasteiger partial charge in [-0.2, -0.15) is 15.0 Å². The first-order valence-electron chi connectivity index (χ1n) is 16.0. The molecule has 0 radical (unpaired) electrons. The summed E-state index contributed by atoms with van der Waals surface area (Å²) in [7, 11) is 0. The molecule has 2 aromatic rings. The van der Waals surface area contributed by atoms with Crippen LogP contribution >= 0.6 is 0 Å². The molecule has 45 heavy (non-hydrogen) atoms. The number of amides is 1. The third-order valence-electron chi connectivity index (χ3n) is 7.66. The number of hydrogen-bond acceptors (Lipinski definition) is 12. The molecule has 3 N–H and O–H groups in total. The van der Waals surface area contributed by atoms with E-state index in [-0.39, 0.29) is 23.4 Å². The number of alkyl halides is 2. The predicted octanol–water partition coefficient (Wildman–Crippen LogP) is 4.06. The Balaban J connectivity index is 1.22.